The number of hydrogen-bond donors (Lipinski definition) is 0. The highest BCUT2D eigenvalue weighted by Gasteiger charge is 2.30. The second kappa shape index (κ2) is 6.50. The summed E-state index contributed by atoms with van der Waals surface area (Å²) in [7, 11) is 0. The Morgan fingerprint density at radius 2 is 2.11 bits per heavy atom. The molecule has 0 bridgehead atoms. The van der Waals surface area contributed by atoms with Crippen molar-refractivity contribution in [2.24, 2.45) is 0 Å². The maximum atomic E-state index is 11.3. The van der Waals surface area contributed by atoms with Gasteiger partial charge in [-0.05, 0) is 34.6 Å². The molecule has 0 amide bonds. The van der Waals surface area contributed by atoms with Crippen LogP contribution in [0.5, 0.6) is 0 Å². The van der Waals surface area contributed by atoms with Crippen molar-refractivity contribution in [2.75, 3.05) is 19.8 Å². The quantitative estimate of drug-likeness (QED) is 0.435. The number of carbonyl (C=O) groups excluding carboxylic acids is 1. The fourth-order valence-electron chi connectivity index (χ4n) is 1.60. The molecule has 0 aromatic carbocycles. The summed E-state index contributed by atoms with van der Waals surface area (Å²) in [6, 6.07) is 0. The fourth-order valence-corrected chi connectivity index (χ4v) is 1.60. The van der Waals surface area contributed by atoms with Crippen molar-refractivity contribution in [2.45, 2.75) is 52.1 Å². The van der Waals surface area contributed by atoms with Crippen LogP contribution in [0.15, 0.2) is 12.2 Å². The van der Waals surface area contributed by atoms with E-state index in [1.54, 1.807) is 0 Å². The van der Waals surface area contributed by atoms with Crippen LogP contribution in [0.3, 0.4) is 0 Å². The van der Waals surface area contributed by atoms with Crippen LogP contribution in [-0.2, 0) is 23.7 Å². The highest BCUT2D eigenvalue weighted by Crippen LogP contribution is 2.22. The molecule has 5 nitrogen and oxygen atoms in total. The minimum Gasteiger partial charge on any atom is -0.458 e. The summed E-state index contributed by atoms with van der Waals surface area (Å²) < 4.78 is 21.3. The van der Waals surface area contributed by atoms with Gasteiger partial charge < -0.3 is 18.9 Å². The predicted molar refractivity (Wildman–Crippen MR) is 70.7 cm³/mol. The van der Waals surface area contributed by atoms with Crippen molar-refractivity contribution in [3.05, 3.63) is 12.2 Å². The van der Waals surface area contributed by atoms with Crippen molar-refractivity contribution in [3.8, 4) is 0 Å². The molecule has 1 atom stereocenters. The lowest BCUT2D eigenvalue weighted by Crippen LogP contribution is -2.26. The highest BCUT2D eigenvalue weighted by molar-refractivity contribution is 5.71. The van der Waals surface area contributed by atoms with Gasteiger partial charge in [-0.15, -0.1) is 0 Å². The zero-order valence-corrected chi connectivity index (χ0v) is 12.4. The minimum absolute atomic E-state index is 0.0465. The Balaban J connectivity index is 2.13. The number of hydrogen-bond acceptors (Lipinski definition) is 5. The van der Waals surface area contributed by atoms with Gasteiger partial charge in [-0.3, -0.25) is 0 Å². The van der Waals surface area contributed by atoms with Gasteiger partial charge in [0.05, 0.1) is 13.2 Å². The molecule has 1 aliphatic heterocycles. The van der Waals surface area contributed by atoms with Crippen LogP contribution in [0, 0.1) is 0 Å². The molecular formula is C14H24O5. The predicted octanol–water partition coefficient (Wildman–Crippen LogP) is 2.05. The first-order valence-corrected chi connectivity index (χ1v) is 6.46. The molecule has 0 aromatic heterocycles. The summed E-state index contributed by atoms with van der Waals surface area (Å²) >= 11 is 0. The van der Waals surface area contributed by atoms with E-state index < -0.39 is 11.4 Å². The van der Waals surface area contributed by atoms with Gasteiger partial charge >= 0.3 is 5.97 Å². The third-order valence-corrected chi connectivity index (χ3v) is 2.24. The summed E-state index contributed by atoms with van der Waals surface area (Å²) in [6.07, 6.45) is 3.64. The van der Waals surface area contributed by atoms with E-state index in [0.29, 0.717) is 13.2 Å². The lowest BCUT2D eigenvalue weighted by Gasteiger charge is -2.19. The Labute approximate surface area is 114 Å². The molecule has 0 spiro atoms. The Hall–Kier alpha value is -0.910. The Morgan fingerprint density at radius 3 is 2.63 bits per heavy atom. The van der Waals surface area contributed by atoms with Gasteiger partial charge in [-0.25, -0.2) is 4.79 Å². The summed E-state index contributed by atoms with van der Waals surface area (Å²) in [5, 5.41) is 0. The average Bonchev–Trinajstić information content (AvgIpc) is 2.55. The van der Waals surface area contributed by atoms with Gasteiger partial charge in [-0.1, -0.05) is 12.2 Å². The second-order valence-electron chi connectivity index (χ2n) is 5.90. The van der Waals surface area contributed by atoms with Gasteiger partial charge in [0.1, 0.15) is 18.3 Å². The largest absolute Gasteiger partial charge is 0.458 e. The normalized spacial score (nSPS) is 22.9. The van der Waals surface area contributed by atoms with Gasteiger partial charge in [0.2, 0.25) is 0 Å². The van der Waals surface area contributed by atoms with Crippen molar-refractivity contribution < 1.29 is 23.7 Å². The van der Waals surface area contributed by atoms with E-state index in [1.165, 1.54) is 0 Å². The molecule has 110 valence electrons. The number of ether oxygens (including phenoxy) is 4. The van der Waals surface area contributed by atoms with Crippen molar-refractivity contribution >= 4 is 5.97 Å². The minimum atomic E-state index is -0.521. The van der Waals surface area contributed by atoms with Crippen LogP contribution in [0.4, 0.5) is 0 Å². The summed E-state index contributed by atoms with van der Waals surface area (Å²) in [5.41, 5.74) is -0.475. The topological polar surface area (TPSA) is 54.0 Å². The highest BCUT2D eigenvalue weighted by atomic mass is 16.7. The smallest absolute Gasteiger partial charge is 0.332 e. The van der Waals surface area contributed by atoms with Crippen LogP contribution in [0.2, 0.25) is 0 Å². The molecular weight excluding hydrogens is 248 g/mol. The first kappa shape index (κ1) is 16.1. The summed E-state index contributed by atoms with van der Waals surface area (Å²) in [6.45, 7) is 10.1. The third-order valence-electron chi connectivity index (χ3n) is 2.24. The van der Waals surface area contributed by atoms with Crippen LogP contribution in [0.1, 0.15) is 34.6 Å². The number of esters is 1. The molecule has 1 aliphatic rings. The monoisotopic (exact) mass is 272 g/mol. The molecule has 5 heteroatoms. The summed E-state index contributed by atoms with van der Waals surface area (Å²) in [5.74, 6) is -0.880. The van der Waals surface area contributed by atoms with Crippen LogP contribution < -0.4 is 0 Å². The molecule has 1 heterocycles. The molecule has 0 radical (unpaired) electrons. The molecule has 0 saturated carbocycles. The van der Waals surface area contributed by atoms with E-state index in [0.717, 1.165) is 0 Å². The van der Waals surface area contributed by atoms with E-state index in [2.05, 4.69) is 0 Å². The van der Waals surface area contributed by atoms with E-state index in [4.69, 9.17) is 18.9 Å². The summed E-state index contributed by atoms with van der Waals surface area (Å²) in [4.78, 5) is 11.3. The molecule has 0 aliphatic carbocycles. The SMILES string of the molecule is CC(C)(C)OC(=O)COC/C=C\[C@H]1COC(C)(C)O1. The zero-order chi connectivity index (χ0) is 14.5. The van der Waals surface area contributed by atoms with Crippen molar-refractivity contribution in [1.82, 2.24) is 0 Å². The molecule has 0 N–H and O–H groups in total. The Bertz CT molecular complexity index is 327. The molecule has 0 unspecified atom stereocenters. The Kier molecular flexibility index (Phi) is 5.52. The zero-order valence-electron chi connectivity index (χ0n) is 12.4. The maximum absolute atomic E-state index is 11.3. The molecule has 19 heavy (non-hydrogen) atoms. The van der Waals surface area contributed by atoms with Crippen LogP contribution in [-0.4, -0.2) is 43.3 Å². The fraction of sp³-hybridized carbons (Fsp3) is 0.786. The molecule has 0 aromatic rings. The van der Waals surface area contributed by atoms with E-state index in [1.807, 2.05) is 46.8 Å². The molecule has 1 rings (SSSR count). The lowest BCUT2D eigenvalue weighted by atomic mass is 10.2. The van der Waals surface area contributed by atoms with Crippen LogP contribution >= 0.6 is 0 Å². The maximum Gasteiger partial charge on any atom is 0.332 e. The van der Waals surface area contributed by atoms with Crippen molar-refractivity contribution in [3.63, 3.8) is 0 Å². The van der Waals surface area contributed by atoms with Crippen molar-refractivity contribution in [1.29, 1.82) is 0 Å². The third kappa shape index (κ3) is 7.30. The second-order valence-corrected chi connectivity index (χ2v) is 5.90. The van der Waals surface area contributed by atoms with E-state index in [9.17, 15) is 4.79 Å². The standard InChI is InChI=1S/C14H24O5/c1-13(2,3)19-12(15)10-16-8-6-7-11-9-17-14(4,5)18-11/h6-7,11H,8-10H2,1-5H3/b7-6-/t11-/m0/s1. The number of rotatable bonds is 5. The lowest BCUT2D eigenvalue weighted by molar-refractivity contribution is -0.159. The van der Waals surface area contributed by atoms with Gasteiger partial charge in [0.25, 0.3) is 0 Å². The number of carbonyl (C=O) groups is 1. The van der Waals surface area contributed by atoms with E-state index >= 15 is 0 Å². The van der Waals surface area contributed by atoms with E-state index in [-0.39, 0.29) is 18.7 Å². The van der Waals surface area contributed by atoms with Gasteiger partial charge in [0.15, 0.2) is 5.79 Å². The average molecular weight is 272 g/mol. The molecule has 1 fully saturated rings. The molecule has 1 saturated heterocycles. The van der Waals surface area contributed by atoms with Crippen LogP contribution in [0.25, 0.3) is 0 Å². The Morgan fingerprint density at radius 1 is 1.42 bits per heavy atom. The van der Waals surface area contributed by atoms with Gasteiger partial charge in [0, 0.05) is 0 Å². The first-order valence-electron chi connectivity index (χ1n) is 6.46. The first-order chi connectivity index (χ1) is 8.68. The van der Waals surface area contributed by atoms with Gasteiger partial charge in [-0.2, -0.15) is 0 Å².